The van der Waals surface area contributed by atoms with Gasteiger partial charge >= 0.3 is 5.97 Å². The van der Waals surface area contributed by atoms with Crippen molar-refractivity contribution in [3.8, 4) is 33.9 Å². The molecule has 242 valence electrons. The number of carboxylic acids is 1. The van der Waals surface area contributed by atoms with Crippen LogP contribution in [0.5, 0.6) is 11.5 Å². The maximum absolute atomic E-state index is 14.4. The molecule has 3 aromatic carbocycles. The third-order valence-electron chi connectivity index (χ3n) is 8.04. The van der Waals surface area contributed by atoms with Crippen LogP contribution in [0.15, 0.2) is 66.7 Å². The third-order valence-corrected chi connectivity index (χ3v) is 8.04. The molecule has 4 aromatic rings. The highest BCUT2D eigenvalue weighted by atomic mass is 19.1. The summed E-state index contributed by atoms with van der Waals surface area (Å²) in [5, 5.41) is 32.9. The molecule has 1 unspecified atom stereocenters. The van der Waals surface area contributed by atoms with Crippen molar-refractivity contribution >= 4 is 17.6 Å². The molecule has 1 aliphatic carbocycles. The van der Waals surface area contributed by atoms with Crippen molar-refractivity contribution in [1.82, 2.24) is 4.57 Å². The van der Waals surface area contributed by atoms with Crippen molar-refractivity contribution in [3.05, 3.63) is 89.6 Å². The van der Waals surface area contributed by atoms with Crippen LogP contribution in [-0.2, 0) is 11.3 Å². The second-order valence-electron chi connectivity index (χ2n) is 11.4. The highest BCUT2D eigenvalue weighted by Gasteiger charge is 2.37. The summed E-state index contributed by atoms with van der Waals surface area (Å²) in [4.78, 5) is 25.4. The average molecular weight is 635 g/mol. The molecule has 9 nitrogen and oxygen atoms in total. The van der Waals surface area contributed by atoms with Crippen molar-refractivity contribution in [2.75, 3.05) is 19.5 Å². The first-order chi connectivity index (χ1) is 22.1. The lowest BCUT2D eigenvalue weighted by Crippen LogP contribution is -2.22. The highest BCUT2D eigenvalue weighted by Crippen LogP contribution is 2.49. The van der Waals surface area contributed by atoms with Gasteiger partial charge in [0.1, 0.15) is 23.1 Å². The number of ether oxygens (including phenoxy) is 2. The van der Waals surface area contributed by atoms with Crippen LogP contribution in [0.2, 0.25) is 0 Å². The molecule has 46 heavy (non-hydrogen) atoms. The van der Waals surface area contributed by atoms with Crippen molar-refractivity contribution in [3.63, 3.8) is 0 Å². The van der Waals surface area contributed by atoms with Gasteiger partial charge in [-0.05, 0) is 85.3 Å². The Bertz CT molecular complexity index is 1700. The number of benzene rings is 3. The van der Waals surface area contributed by atoms with Gasteiger partial charge in [-0.25, -0.2) is 8.78 Å². The number of aliphatic hydroxyl groups excluding tert-OH is 2. The minimum absolute atomic E-state index is 0.00153. The minimum atomic E-state index is -1.23. The van der Waals surface area contributed by atoms with Gasteiger partial charge in [0.25, 0.3) is 5.91 Å². The monoisotopic (exact) mass is 634 g/mol. The number of hydrogen-bond acceptors (Lipinski definition) is 6. The molecule has 1 aromatic heterocycles. The van der Waals surface area contributed by atoms with Gasteiger partial charge in [0.2, 0.25) is 0 Å². The molecule has 1 heterocycles. The second kappa shape index (κ2) is 14.1. The van der Waals surface area contributed by atoms with Crippen LogP contribution in [-0.4, -0.2) is 58.2 Å². The summed E-state index contributed by atoms with van der Waals surface area (Å²) in [6, 6.07) is 16.6. The van der Waals surface area contributed by atoms with Gasteiger partial charge in [0.05, 0.1) is 49.8 Å². The van der Waals surface area contributed by atoms with Crippen LogP contribution in [0.4, 0.5) is 14.5 Å². The average Bonchev–Trinajstić information content (AvgIpc) is 3.81. The van der Waals surface area contributed by atoms with Gasteiger partial charge in [0, 0.05) is 29.8 Å². The van der Waals surface area contributed by atoms with Gasteiger partial charge < -0.3 is 34.7 Å². The van der Waals surface area contributed by atoms with E-state index in [4.69, 9.17) is 14.6 Å². The summed E-state index contributed by atoms with van der Waals surface area (Å²) in [6.45, 7) is 0.201. The summed E-state index contributed by atoms with van der Waals surface area (Å²) in [5.41, 5.74) is 3.72. The number of aliphatic carboxylic acids is 1. The van der Waals surface area contributed by atoms with Crippen LogP contribution >= 0.6 is 0 Å². The normalized spacial score (nSPS) is 14.0. The van der Waals surface area contributed by atoms with Gasteiger partial charge in [-0.15, -0.1) is 0 Å². The van der Waals surface area contributed by atoms with E-state index in [2.05, 4.69) is 5.32 Å². The molecular weight excluding hydrogens is 598 g/mol. The molecule has 1 saturated carbocycles. The predicted molar refractivity (Wildman–Crippen MR) is 168 cm³/mol. The number of anilines is 1. The Morgan fingerprint density at radius 2 is 1.54 bits per heavy atom. The summed E-state index contributed by atoms with van der Waals surface area (Å²) < 4.78 is 41.0. The maximum atomic E-state index is 14.4. The first-order valence-corrected chi connectivity index (χ1v) is 15.0. The van der Waals surface area contributed by atoms with Crippen molar-refractivity contribution in [1.29, 1.82) is 0 Å². The molecular formula is C35H36F2N2O7. The lowest BCUT2D eigenvalue weighted by atomic mass is 9.95. The molecule has 2 atom stereocenters. The number of nitrogens with zero attached hydrogens (tertiary/aromatic N) is 1. The highest BCUT2D eigenvalue weighted by molar-refractivity contribution is 6.13. The minimum Gasteiger partial charge on any atom is -0.497 e. The van der Waals surface area contributed by atoms with Crippen molar-refractivity contribution < 1.29 is 43.2 Å². The van der Waals surface area contributed by atoms with E-state index in [-0.39, 0.29) is 25.3 Å². The number of hydrogen-bond donors (Lipinski definition) is 4. The molecule has 0 radical (unpaired) electrons. The first-order valence-electron chi connectivity index (χ1n) is 15.0. The van der Waals surface area contributed by atoms with Crippen LogP contribution in [0.1, 0.15) is 54.1 Å². The number of nitrogens with one attached hydrogen (secondary N) is 1. The number of halogens is 2. The van der Waals surface area contributed by atoms with Gasteiger partial charge in [-0.3, -0.25) is 9.59 Å². The fourth-order valence-electron chi connectivity index (χ4n) is 5.77. The van der Waals surface area contributed by atoms with E-state index in [9.17, 15) is 28.6 Å². The lowest BCUT2D eigenvalue weighted by Gasteiger charge is -2.19. The number of carbonyl (C=O) groups is 2. The Labute approximate surface area is 265 Å². The number of carbonyl (C=O) groups excluding carboxylic acids is 1. The SMILES string of the molecule is COc1ccc(NC(=O)c2c(-c3ccc(F)cc3)c(-c3ccc(F)cc3)n(CC[C@@H](O)CC(O)CC(=O)O)c2C2CC2)c(OC)c1. The molecule has 0 spiro atoms. The third kappa shape index (κ3) is 7.38. The van der Waals surface area contributed by atoms with Crippen LogP contribution in [0, 0.1) is 11.6 Å². The van der Waals surface area contributed by atoms with E-state index in [1.54, 1.807) is 42.5 Å². The Kier molecular flexibility index (Phi) is 10.0. The zero-order valence-corrected chi connectivity index (χ0v) is 25.5. The van der Waals surface area contributed by atoms with E-state index in [0.29, 0.717) is 50.8 Å². The molecule has 0 aliphatic heterocycles. The molecule has 1 amide bonds. The number of rotatable bonds is 14. The van der Waals surface area contributed by atoms with Gasteiger partial charge in [0.15, 0.2) is 0 Å². The van der Waals surface area contributed by atoms with E-state index in [0.717, 1.165) is 12.8 Å². The fourth-order valence-corrected chi connectivity index (χ4v) is 5.77. The number of aromatic nitrogens is 1. The van der Waals surface area contributed by atoms with Crippen molar-refractivity contribution in [2.45, 2.75) is 56.8 Å². The van der Waals surface area contributed by atoms with Gasteiger partial charge in [-0.2, -0.15) is 0 Å². The van der Waals surface area contributed by atoms with E-state index in [1.165, 1.54) is 38.5 Å². The zero-order chi connectivity index (χ0) is 33.0. The Morgan fingerprint density at radius 3 is 2.11 bits per heavy atom. The molecule has 0 saturated heterocycles. The number of carboxylic acid groups (broad SMARTS) is 1. The topological polar surface area (TPSA) is 130 Å². The summed E-state index contributed by atoms with van der Waals surface area (Å²) in [7, 11) is 3.00. The first kappa shape index (κ1) is 32.6. The molecule has 5 rings (SSSR count). The standard InChI is InChI=1S/C35H36F2N2O7/c1-45-27-13-14-28(29(19-27)46-2)38-35(44)32-31(20-5-9-23(36)10-6-20)33(22-7-11-24(37)12-8-22)39(34(32)21-3-4-21)16-15-25(40)17-26(41)18-30(42)43/h5-14,19,21,25-26,40-41H,3-4,15-18H2,1-2H3,(H,38,44)(H,42,43)/t25-,26?/m1/s1. The summed E-state index contributed by atoms with van der Waals surface area (Å²) >= 11 is 0. The quantitative estimate of drug-likeness (QED) is 0.130. The second-order valence-corrected chi connectivity index (χ2v) is 11.4. The van der Waals surface area contributed by atoms with Crippen LogP contribution in [0.3, 0.4) is 0 Å². The van der Waals surface area contributed by atoms with Crippen molar-refractivity contribution in [2.24, 2.45) is 0 Å². The van der Waals surface area contributed by atoms with E-state index in [1.807, 2.05) is 4.57 Å². The lowest BCUT2D eigenvalue weighted by molar-refractivity contribution is -0.139. The number of amides is 1. The smallest absolute Gasteiger partial charge is 0.305 e. The number of aliphatic hydroxyl groups is 2. The fraction of sp³-hybridized carbons (Fsp3) is 0.314. The molecule has 11 heteroatoms. The Hall–Kier alpha value is -4.74. The molecule has 1 fully saturated rings. The summed E-state index contributed by atoms with van der Waals surface area (Å²) in [5.74, 6) is -1.59. The molecule has 4 N–H and O–H groups in total. The Morgan fingerprint density at radius 1 is 0.913 bits per heavy atom. The van der Waals surface area contributed by atoms with Crippen LogP contribution < -0.4 is 14.8 Å². The molecule has 1 aliphatic rings. The molecule has 0 bridgehead atoms. The van der Waals surface area contributed by atoms with Crippen LogP contribution in [0.25, 0.3) is 22.4 Å². The maximum Gasteiger partial charge on any atom is 0.305 e. The largest absolute Gasteiger partial charge is 0.497 e. The zero-order valence-electron chi connectivity index (χ0n) is 25.5. The Balaban J connectivity index is 1.67. The predicted octanol–water partition coefficient (Wildman–Crippen LogP) is 6.22. The van der Waals surface area contributed by atoms with Gasteiger partial charge in [-0.1, -0.05) is 12.1 Å². The summed E-state index contributed by atoms with van der Waals surface area (Å²) in [6.07, 6.45) is -1.16. The van der Waals surface area contributed by atoms with E-state index < -0.39 is 42.1 Å². The van der Waals surface area contributed by atoms with E-state index >= 15 is 0 Å². The number of methoxy groups -OCH3 is 2.